The summed E-state index contributed by atoms with van der Waals surface area (Å²) in [5, 5.41) is 2.06. The third-order valence-electron chi connectivity index (χ3n) is 6.64. The number of carbonyl (C=O) groups is 3. The molecular formula is C31H25ClFNO5. The van der Waals surface area contributed by atoms with Crippen molar-refractivity contribution >= 4 is 45.7 Å². The summed E-state index contributed by atoms with van der Waals surface area (Å²) in [5.41, 5.74) is 0.842. The van der Waals surface area contributed by atoms with Crippen molar-refractivity contribution in [1.29, 1.82) is 0 Å². The van der Waals surface area contributed by atoms with Gasteiger partial charge in [0.1, 0.15) is 17.3 Å². The van der Waals surface area contributed by atoms with Crippen LogP contribution in [0.3, 0.4) is 0 Å². The SMILES string of the molecule is O=C(O[C@H](CCCl)C(=O)c1ccc(F)cc1)[C@H]1CC(=O)N(c2ccc(Oc3cccc4ccccc34)cc2)C1. The minimum atomic E-state index is -1.12. The Labute approximate surface area is 229 Å². The standard InChI is InChI=1S/C31H25ClFNO5/c32-17-16-28(30(36)21-8-10-23(33)11-9-21)39-31(37)22-18-29(35)34(19-22)24-12-14-25(15-13-24)38-27-7-3-5-20-4-1-2-6-26(20)27/h1-15,22,28H,16-19H2/t22-,28+/m0/s1. The van der Waals surface area contributed by atoms with Gasteiger partial charge in [-0.15, -0.1) is 11.6 Å². The van der Waals surface area contributed by atoms with Crippen LogP contribution in [0, 0.1) is 11.7 Å². The number of rotatable bonds is 9. The van der Waals surface area contributed by atoms with Gasteiger partial charge in [0.15, 0.2) is 6.10 Å². The third-order valence-corrected chi connectivity index (χ3v) is 6.85. The van der Waals surface area contributed by atoms with E-state index in [2.05, 4.69) is 0 Å². The molecule has 1 amide bonds. The van der Waals surface area contributed by atoms with E-state index in [1.807, 2.05) is 42.5 Å². The Morgan fingerprint density at radius 1 is 0.949 bits per heavy atom. The molecule has 0 spiro atoms. The van der Waals surface area contributed by atoms with E-state index in [1.165, 1.54) is 29.2 Å². The highest BCUT2D eigenvalue weighted by Crippen LogP contribution is 2.32. The van der Waals surface area contributed by atoms with Gasteiger partial charge in [-0.1, -0.05) is 36.4 Å². The number of carbonyl (C=O) groups excluding carboxylic acids is 3. The van der Waals surface area contributed by atoms with Crippen LogP contribution in [0.4, 0.5) is 10.1 Å². The maximum Gasteiger partial charge on any atom is 0.312 e. The van der Waals surface area contributed by atoms with Crippen molar-refractivity contribution in [2.24, 2.45) is 5.92 Å². The normalized spacial score (nSPS) is 15.8. The minimum absolute atomic E-state index is 0.0363. The van der Waals surface area contributed by atoms with Gasteiger partial charge in [-0.3, -0.25) is 14.4 Å². The van der Waals surface area contributed by atoms with Gasteiger partial charge in [0.05, 0.1) is 5.92 Å². The number of alkyl halides is 1. The van der Waals surface area contributed by atoms with Crippen LogP contribution < -0.4 is 9.64 Å². The molecule has 1 aliphatic rings. The lowest BCUT2D eigenvalue weighted by molar-refractivity contribution is -0.151. The lowest BCUT2D eigenvalue weighted by atomic mass is 10.0. The zero-order valence-electron chi connectivity index (χ0n) is 20.9. The van der Waals surface area contributed by atoms with Crippen LogP contribution in [-0.2, 0) is 14.3 Å². The first-order valence-corrected chi connectivity index (χ1v) is 13.1. The Morgan fingerprint density at radius 3 is 2.41 bits per heavy atom. The molecule has 4 aromatic rings. The number of nitrogens with zero attached hydrogens (tertiary/aromatic N) is 1. The van der Waals surface area contributed by atoms with Crippen molar-refractivity contribution in [2.75, 3.05) is 17.3 Å². The van der Waals surface area contributed by atoms with Crippen molar-refractivity contribution in [3.63, 3.8) is 0 Å². The predicted octanol–water partition coefficient (Wildman–Crippen LogP) is 6.55. The summed E-state index contributed by atoms with van der Waals surface area (Å²) in [6.45, 7) is 0.125. The first kappa shape index (κ1) is 26.4. The summed E-state index contributed by atoms with van der Waals surface area (Å²) >= 11 is 5.84. The second-order valence-corrected chi connectivity index (χ2v) is 9.63. The van der Waals surface area contributed by atoms with E-state index in [1.54, 1.807) is 24.3 Å². The largest absolute Gasteiger partial charge is 0.457 e. The Morgan fingerprint density at radius 2 is 1.67 bits per heavy atom. The first-order chi connectivity index (χ1) is 18.9. The zero-order chi connectivity index (χ0) is 27.4. The van der Waals surface area contributed by atoms with Gasteiger partial charge in [0, 0.05) is 41.9 Å². The van der Waals surface area contributed by atoms with E-state index < -0.39 is 29.6 Å². The lowest BCUT2D eigenvalue weighted by Gasteiger charge is -2.19. The minimum Gasteiger partial charge on any atom is -0.457 e. The van der Waals surface area contributed by atoms with Crippen LogP contribution >= 0.6 is 11.6 Å². The quantitative estimate of drug-likeness (QED) is 0.135. The van der Waals surface area contributed by atoms with Gasteiger partial charge in [-0.05, 0) is 60.0 Å². The van der Waals surface area contributed by atoms with E-state index in [4.69, 9.17) is 21.1 Å². The van der Waals surface area contributed by atoms with E-state index in [-0.39, 0.29) is 36.7 Å². The fourth-order valence-electron chi connectivity index (χ4n) is 4.60. The number of esters is 1. The number of benzene rings is 4. The number of hydrogen-bond donors (Lipinski definition) is 0. The highest BCUT2D eigenvalue weighted by atomic mass is 35.5. The zero-order valence-corrected chi connectivity index (χ0v) is 21.6. The number of fused-ring (bicyclic) bond motifs is 1. The Balaban J connectivity index is 1.24. The van der Waals surface area contributed by atoms with Crippen LogP contribution in [0.25, 0.3) is 10.8 Å². The molecule has 0 bridgehead atoms. The van der Waals surface area contributed by atoms with Crippen molar-refractivity contribution in [1.82, 2.24) is 0 Å². The maximum atomic E-state index is 13.2. The van der Waals surface area contributed by atoms with Gasteiger partial charge in [-0.25, -0.2) is 4.39 Å². The van der Waals surface area contributed by atoms with Crippen LogP contribution in [0.5, 0.6) is 11.5 Å². The first-order valence-electron chi connectivity index (χ1n) is 12.5. The fourth-order valence-corrected chi connectivity index (χ4v) is 4.80. The summed E-state index contributed by atoms with van der Waals surface area (Å²) in [6, 6.07) is 25.8. The van der Waals surface area contributed by atoms with Crippen LogP contribution in [0.15, 0.2) is 91.0 Å². The predicted molar refractivity (Wildman–Crippen MR) is 147 cm³/mol. The highest BCUT2D eigenvalue weighted by Gasteiger charge is 2.38. The molecule has 0 aliphatic carbocycles. The summed E-state index contributed by atoms with van der Waals surface area (Å²) in [6.07, 6.45) is -1.05. The number of hydrogen-bond acceptors (Lipinski definition) is 5. The molecule has 2 atom stereocenters. The molecule has 6 nitrogen and oxygen atoms in total. The van der Waals surface area contributed by atoms with E-state index in [0.717, 1.165) is 16.5 Å². The van der Waals surface area contributed by atoms with Crippen molar-refractivity contribution in [2.45, 2.75) is 18.9 Å². The smallest absolute Gasteiger partial charge is 0.312 e. The molecule has 8 heteroatoms. The van der Waals surface area contributed by atoms with Gasteiger partial charge >= 0.3 is 5.97 Å². The molecule has 1 saturated heterocycles. The maximum absolute atomic E-state index is 13.2. The molecular weight excluding hydrogens is 521 g/mol. The van der Waals surface area contributed by atoms with Gasteiger partial charge in [-0.2, -0.15) is 0 Å². The molecule has 0 aromatic heterocycles. The van der Waals surface area contributed by atoms with E-state index >= 15 is 0 Å². The molecule has 198 valence electrons. The summed E-state index contributed by atoms with van der Waals surface area (Å²) in [7, 11) is 0. The van der Waals surface area contributed by atoms with Crippen LogP contribution in [-0.4, -0.2) is 36.2 Å². The van der Waals surface area contributed by atoms with Crippen LogP contribution in [0.1, 0.15) is 23.2 Å². The highest BCUT2D eigenvalue weighted by molar-refractivity contribution is 6.18. The molecule has 1 aliphatic heterocycles. The molecule has 0 radical (unpaired) electrons. The number of halogens is 2. The summed E-state index contributed by atoms with van der Waals surface area (Å²) in [5.74, 6) is -1.12. The fraction of sp³-hybridized carbons (Fsp3) is 0.194. The van der Waals surface area contributed by atoms with Gasteiger partial charge in [0.2, 0.25) is 11.7 Å². The Kier molecular flexibility index (Phi) is 7.89. The van der Waals surface area contributed by atoms with E-state index in [0.29, 0.717) is 11.4 Å². The Hall–Kier alpha value is -4.23. The van der Waals surface area contributed by atoms with E-state index in [9.17, 15) is 18.8 Å². The van der Waals surface area contributed by atoms with Crippen molar-refractivity contribution in [3.8, 4) is 11.5 Å². The number of amides is 1. The number of ether oxygens (including phenoxy) is 2. The summed E-state index contributed by atoms with van der Waals surface area (Å²) < 4.78 is 24.8. The van der Waals surface area contributed by atoms with Crippen LogP contribution in [0.2, 0.25) is 0 Å². The van der Waals surface area contributed by atoms with Crippen molar-refractivity contribution < 1.29 is 28.2 Å². The van der Waals surface area contributed by atoms with Gasteiger partial charge < -0.3 is 14.4 Å². The number of ketones is 1. The molecule has 1 fully saturated rings. The Bertz CT molecular complexity index is 1500. The summed E-state index contributed by atoms with van der Waals surface area (Å²) in [4.78, 5) is 40.1. The molecule has 1 heterocycles. The van der Waals surface area contributed by atoms with Gasteiger partial charge in [0.25, 0.3) is 0 Å². The molecule has 4 aromatic carbocycles. The topological polar surface area (TPSA) is 72.9 Å². The molecule has 0 N–H and O–H groups in total. The monoisotopic (exact) mass is 545 g/mol. The third kappa shape index (κ3) is 5.94. The average Bonchev–Trinajstić information content (AvgIpc) is 3.35. The molecule has 0 saturated carbocycles. The number of Topliss-reactive ketones (excluding diaryl/α,β-unsaturated/α-hetero) is 1. The second kappa shape index (κ2) is 11.7. The molecule has 5 rings (SSSR count). The molecule has 0 unspecified atom stereocenters. The molecule has 39 heavy (non-hydrogen) atoms. The average molecular weight is 546 g/mol. The second-order valence-electron chi connectivity index (χ2n) is 9.25. The number of anilines is 1. The lowest BCUT2D eigenvalue weighted by Crippen LogP contribution is -2.32. The van der Waals surface area contributed by atoms with Crippen molar-refractivity contribution in [3.05, 3.63) is 102 Å².